The zero-order valence-corrected chi connectivity index (χ0v) is 18.5. The number of benzene rings is 2. The van der Waals surface area contributed by atoms with Crippen LogP contribution in [-0.4, -0.2) is 41.7 Å². The third kappa shape index (κ3) is 4.45. The van der Waals surface area contributed by atoms with Crippen molar-refractivity contribution >= 4 is 23.1 Å². The molecule has 0 aliphatic heterocycles. The van der Waals surface area contributed by atoms with E-state index in [1.54, 1.807) is 24.4 Å². The van der Waals surface area contributed by atoms with Gasteiger partial charge in [0.05, 0.1) is 27.0 Å². The van der Waals surface area contributed by atoms with Crippen molar-refractivity contribution < 1.29 is 23.8 Å². The van der Waals surface area contributed by atoms with Gasteiger partial charge in [-0.05, 0) is 70.7 Å². The number of hydrogen-bond donors (Lipinski definition) is 3. The van der Waals surface area contributed by atoms with Crippen LogP contribution in [0, 0.1) is 5.82 Å². The van der Waals surface area contributed by atoms with Gasteiger partial charge in [-0.25, -0.2) is 9.37 Å². The van der Waals surface area contributed by atoms with Gasteiger partial charge in [0, 0.05) is 18.4 Å². The Morgan fingerprint density at radius 1 is 1.18 bits per heavy atom. The van der Waals surface area contributed by atoms with Crippen LogP contribution in [0.15, 0.2) is 48.4 Å². The summed E-state index contributed by atoms with van der Waals surface area (Å²) in [6.45, 7) is 2.20. The van der Waals surface area contributed by atoms with Gasteiger partial charge >= 0.3 is 0 Å². The van der Waals surface area contributed by atoms with Crippen molar-refractivity contribution in [1.82, 2.24) is 15.3 Å². The summed E-state index contributed by atoms with van der Waals surface area (Å²) in [4.78, 5) is 19.2. The van der Waals surface area contributed by atoms with Crippen molar-refractivity contribution in [3.63, 3.8) is 0 Å². The van der Waals surface area contributed by atoms with Crippen LogP contribution in [0.5, 0.6) is 17.2 Å². The van der Waals surface area contributed by atoms with Crippen LogP contribution >= 0.6 is 0 Å². The minimum atomic E-state index is -0.350. The molecular weight excluding hydrogens is 425 g/mol. The van der Waals surface area contributed by atoms with Crippen LogP contribution in [0.4, 0.5) is 4.39 Å². The standard InChI is InChI=1S/C25H24FN3O4/c1-14-19(6-15-7-22(32-2)25(31)23(8-15)33-3)18-5-4-16(26)9-20(18)21(14)12-28-24(30)10-17-11-27-13-29-17/h4-9,11,13,31H,10,12H2,1-3H3,(H,27,29)(H,28,30). The Balaban J connectivity index is 1.69. The van der Waals surface area contributed by atoms with E-state index in [2.05, 4.69) is 15.3 Å². The summed E-state index contributed by atoms with van der Waals surface area (Å²) in [6.07, 6.45) is 5.23. The van der Waals surface area contributed by atoms with E-state index in [0.29, 0.717) is 5.69 Å². The van der Waals surface area contributed by atoms with Gasteiger partial charge in [-0.3, -0.25) is 4.79 Å². The second kappa shape index (κ2) is 9.20. The zero-order valence-electron chi connectivity index (χ0n) is 18.5. The number of phenolic OH excluding ortho intramolecular Hbond substituents is 1. The lowest BCUT2D eigenvalue weighted by atomic mass is 10.00. The number of aromatic hydroxyl groups is 1. The summed E-state index contributed by atoms with van der Waals surface area (Å²) in [5.41, 5.74) is 5.70. The maximum atomic E-state index is 14.1. The molecule has 1 amide bonds. The number of aromatic nitrogens is 2. The molecule has 1 aliphatic rings. The summed E-state index contributed by atoms with van der Waals surface area (Å²) < 4.78 is 24.6. The van der Waals surface area contributed by atoms with Crippen LogP contribution in [0.25, 0.3) is 17.2 Å². The number of methoxy groups -OCH3 is 2. The fourth-order valence-electron chi connectivity index (χ4n) is 3.95. The second-order valence-electron chi connectivity index (χ2n) is 7.66. The lowest BCUT2D eigenvalue weighted by Crippen LogP contribution is -2.27. The first-order valence-electron chi connectivity index (χ1n) is 10.3. The predicted octanol–water partition coefficient (Wildman–Crippen LogP) is 3.96. The number of halogens is 1. The molecule has 0 saturated carbocycles. The molecule has 0 unspecified atom stereocenters. The third-order valence-corrected chi connectivity index (χ3v) is 5.63. The first-order chi connectivity index (χ1) is 15.9. The van der Waals surface area contributed by atoms with Gasteiger partial charge in [-0.15, -0.1) is 0 Å². The lowest BCUT2D eigenvalue weighted by molar-refractivity contribution is -0.120. The molecule has 0 radical (unpaired) electrons. The summed E-state index contributed by atoms with van der Waals surface area (Å²) in [6, 6.07) is 8.02. The number of amides is 1. The van der Waals surface area contributed by atoms with Crippen molar-refractivity contribution in [3.8, 4) is 17.2 Å². The number of carbonyl (C=O) groups is 1. The molecule has 0 saturated heterocycles. The summed E-state index contributed by atoms with van der Waals surface area (Å²) >= 11 is 0. The number of ether oxygens (including phenoxy) is 2. The summed E-state index contributed by atoms with van der Waals surface area (Å²) in [5, 5.41) is 13.1. The monoisotopic (exact) mass is 449 g/mol. The number of allylic oxidation sites excluding steroid dienone is 2. The van der Waals surface area contributed by atoms with Gasteiger partial charge in [-0.1, -0.05) is 6.07 Å². The van der Waals surface area contributed by atoms with Crippen molar-refractivity contribution in [2.45, 2.75) is 13.3 Å². The van der Waals surface area contributed by atoms with E-state index in [4.69, 9.17) is 9.47 Å². The third-order valence-electron chi connectivity index (χ3n) is 5.63. The Bertz CT molecular complexity index is 1240. The number of aromatic amines is 1. The molecule has 1 aliphatic carbocycles. The van der Waals surface area contributed by atoms with E-state index in [-0.39, 0.29) is 41.9 Å². The molecule has 7 nitrogen and oxygen atoms in total. The minimum Gasteiger partial charge on any atom is -0.502 e. The molecule has 3 N–H and O–H groups in total. The van der Waals surface area contributed by atoms with E-state index < -0.39 is 0 Å². The van der Waals surface area contributed by atoms with Crippen LogP contribution in [0.3, 0.4) is 0 Å². The molecule has 8 heteroatoms. The number of nitrogens with zero attached hydrogens (tertiary/aromatic N) is 1. The van der Waals surface area contributed by atoms with Crippen molar-refractivity contribution in [2.24, 2.45) is 0 Å². The average Bonchev–Trinajstić information content (AvgIpc) is 3.39. The van der Waals surface area contributed by atoms with E-state index in [1.807, 2.05) is 13.0 Å². The Hall–Kier alpha value is -4.07. The van der Waals surface area contributed by atoms with E-state index >= 15 is 0 Å². The predicted molar refractivity (Wildman–Crippen MR) is 123 cm³/mol. The normalized spacial score (nSPS) is 13.9. The highest BCUT2D eigenvalue weighted by molar-refractivity contribution is 6.06. The van der Waals surface area contributed by atoms with Gasteiger partial charge < -0.3 is 24.9 Å². The summed E-state index contributed by atoms with van der Waals surface area (Å²) in [5.74, 6) is -0.0260. The molecule has 170 valence electrons. The van der Waals surface area contributed by atoms with Gasteiger partial charge in [0.15, 0.2) is 11.5 Å². The Morgan fingerprint density at radius 3 is 2.55 bits per heavy atom. The smallest absolute Gasteiger partial charge is 0.226 e. The van der Waals surface area contributed by atoms with Crippen molar-refractivity contribution in [3.05, 3.63) is 76.6 Å². The number of imidazole rings is 1. The number of carbonyl (C=O) groups excluding carboxylic acids is 1. The van der Waals surface area contributed by atoms with Crippen molar-refractivity contribution in [2.75, 3.05) is 20.8 Å². The largest absolute Gasteiger partial charge is 0.502 e. The highest BCUT2D eigenvalue weighted by Crippen LogP contribution is 2.44. The van der Waals surface area contributed by atoms with E-state index in [1.165, 1.54) is 32.7 Å². The van der Waals surface area contributed by atoms with Gasteiger partial charge in [0.1, 0.15) is 5.82 Å². The molecule has 1 aromatic heterocycles. The lowest BCUT2D eigenvalue weighted by Gasteiger charge is -2.11. The first-order valence-corrected chi connectivity index (χ1v) is 10.3. The maximum Gasteiger partial charge on any atom is 0.226 e. The molecule has 3 aromatic rings. The zero-order chi connectivity index (χ0) is 23.5. The van der Waals surface area contributed by atoms with Crippen LogP contribution in [0.1, 0.15) is 29.3 Å². The second-order valence-corrected chi connectivity index (χ2v) is 7.66. The Morgan fingerprint density at radius 2 is 1.91 bits per heavy atom. The quantitative estimate of drug-likeness (QED) is 0.507. The SMILES string of the molecule is COc1cc(C=C2C(C)=C(CNC(=O)Cc3cnc[nH]3)c3cc(F)ccc32)cc(OC)c1O. The van der Waals surface area contributed by atoms with Gasteiger partial charge in [-0.2, -0.15) is 0 Å². The fourth-order valence-corrected chi connectivity index (χ4v) is 3.95. The number of H-pyrrole nitrogens is 1. The molecule has 0 fully saturated rings. The number of hydrogen-bond acceptors (Lipinski definition) is 5. The molecule has 4 rings (SSSR count). The molecule has 0 spiro atoms. The molecule has 33 heavy (non-hydrogen) atoms. The van der Waals surface area contributed by atoms with Crippen LogP contribution in [0.2, 0.25) is 0 Å². The van der Waals surface area contributed by atoms with E-state index in [0.717, 1.165) is 33.4 Å². The molecular formula is C25H24FN3O4. The minimum absolute atomic E-state index is 0.0797. The molecule has 0 bridgehead atoms. The maximum absolute atomic E-state index is 14.1. The summed E-state index contributed by atoms with van der Waals surface area (Å²) in [7, 11) is 2.93. The first kappa shape index (κ1) is 22.1. The number of fused-ring (bicyclic) bond motifs is 1. The van der Waals surface area contributed by atoms with Gasteiger partial charge in [0.2, 0.25) is 11.7 Å². The Kier molecular flexibility index (Phi) is 6.17. The fraction of sp³-hybridized carbons (Fsp3) is 0.200. The highest BCUT2D eigenvalue weighted by atomic mass is 19.1. The molecule has 0 atom stereocenters. The topological polar surface area (TPSA) is 96.5 Å². The van der Waals surface area contributed by atoms with Crippen LogP contribution in [-0.2, 0) is 11.2 Å². The van der Waals surface area contributed by atoms with E-state index in [9.17, 15) is 14.3 Å². The van der Waals surface area contributed by atoms with Gasteiger partial charge in [0.25, 0.3) is 0 Å². The highest BCUT2D eigenvalue weighted by Gasteiger charge is 2.25. The van der Waals surface area contributed by atoms with Crippen LogP contribution < -0.4 is 14.8 Å². The Labute approximate surface area is 190 Å². The number of phenols is 1. The number of nitrogens with one attached hydrogen (secondary N) is 2. The molecule has 2 aromatic carbocycles. The average molecular weight is 449 g/mol. The molecule has 1 heterocycles. The van der Waals surface area contributed by atoms with Crippen molar-refractivity contribution in [1.29, 1.82) is 0 Å². The number of rotatable bonds is 7.